The molecule has 3 nitrogen and oxygen atoms in total. The van der Waals surface area contributed by atoms with Gasteiger partial charge in [-0.1, -0.05) is 44.0 Å². The third-order valence-electron chi connectivity index (χ3n) is 4.65. The third kappa shape index (κ3) is 3.58. The number of benzene rings is 1. The van der Waals surface area contributed by atoms with Crippen LogP contribution in [0.5, 0.6) is 0 Å². The molecule has 116 valence electrons. The van der Waals surface area contributed by atoms with Crippen LogP contribution in [0, 0.1) is 0 Å². The minimum absolute atomic E-state index is 0.170. The van der Waals surface area contributed by atoms with Gasteiger partial charge in [0.1, 0.15) is 0 Å². The van der Waals surface area contributed by atoms with Gasteiger partial charge in [-0.2, -0.15) is 0 Å². The van der Waals surface area contributed by atoms with Gasteiger partial charge < -0.3 is 10.2 Å². The summed E-state index contributed by atoms with van der Waals surface area (Å²) in [7, 11) is 0. The van der Waals surface area contributed by atoms with Crippen molar-refractivity contribution in [2.75, 3.05) is 26.2 Å². The average Bonchev–Trinajstić information content (AvgIpc) is 2.44. The molecule has 1 fully saturated rings. The molecule has 0 unspecified atom stereocenters. The molecule has 4 heteroatoms. The highest BCUT2D eigenvalue weighted by Gasteiger charge is 2.45. The summed E-state index contributed by atoms with van der Waals surface area (Å²) in [5.41, 5.74) is 0.770. The molecule has 2 rings (SSSR count). The zero-order valence-electron chi connectivity index (χ0n) is 13.0. The number of carbonyl (C=O) groups excluding carboxylic acids is 1. The van der Waals surface area contributed by atoms with E-state index in [1.54, 1.807) is 0 Å². The van der Waals surface area contributed by atoms with Crippen LogP contribution in [-0.4, -0.2) is 37.0 Å². The summed E-state index contributed by atoms with van der Waals surface area (Å²) in [5, 5.41) is 3.84. The number of amides is 1. The topological polar surface area (TPSA) is 32.3 Å². The summed E-state index contributed by atoms with van der Waals surface area (Å²) in [4.78, 5) is 14.9. The van der Waals surface area contributed by atoms with Crippen molar-refractivity contribution in [3.63, 3.8) is 0 Å². The van der Waals surface area contributed by atoms with Gasteiger partial charge in [0.15, 0.2) is 0 Å². The van der Waals surface area contributed by atoms with Crippen molar-refractivity contribution in [3.8, 4) is 0 Å². The second-order valence-electron chi connectivity index (χ2n) is 5.73. The first-order chi connectivity index (χ1) is 10.1. The van der Waals surface area contributed by atoms with Crippen LogP contribution in [0.2, 0.25) is 5.02 Å². The van der Waals surface area contributed by atoms with Crippen LogP contribution in [0.1, 0.15) is 38.7 Å². The van der Waals surface area contributed by atoms with Crippen molar-refractivity contribution in [2.45, 2.75) is 38.5 Å². The lowest BCUT2D eigenvalue weighted by atomic mass is 9.64. The Bertz CT molecular complexity index is 464. The first-order valence-electron chi connectivity index (χ1n) is 7.89. The molecule has 1 aromatic carbocycles. The van der Waals surface area contributed by atoms with E-state index in [1.807, 2.05) is 24.3 Å². The summed E-state index contributed by atoms with van der Waals surface area (Å²) in [6.07, 6.45) is 2.99. The summed E-state index contributed by atoms with van der Waals surface area (Å²) in [6, 6.07) is 7.73. The van der Waals surface area contributed by atoms with Crippen LogP contribution < -0.4 is 5.32 Å². The molecule has 0 atom stereocenters. The van der Waals surface area contributed by atoms with Crippen molar-refractivity contribution in [3.05, 3.63) is 34.9 Å². The first kappa shape index (κ1) is 16.3. The Morgan fingerprint density at radius 2 is 1.86 bits per heavy atom. The summed E-state index contributed by atoms with van der Waals surface area (Å²) >= 11 is 5.95. The minimum atomic E-state index is -0.326. The maximum Gasteiger partial charge on any atom is 0.230 e. The molecule has 1 aromatic rings. The number of nitrogens with zero attached hydrogens (tertiary/aromatic N) is 1. The summed E-state index contributed by atoms with van der Waals surface area (Å²) in [6.45, 7) is 7.97. The highest BCUT2D eigenvalue weighted by Crippen LogP contribution is 2.44. The highest BCUT2D eigenvalue weighted by atomic mass is 35.5. The van der Waals surface area contributed by atoms with Gasteiger partial charge in [-0.25, -0.2) is 0 Å². The molecule has 1 amide bonds. The van der Waals surface area contributed by atoms with Crippen molar-refractivity contribution < 1.29 is 4.79 Å². The lowest BCUT2D eigenvalue weighted by Gasteiger charge is -2.41. The second-order valence-corrected chi connectivity index (χ2v) is 6.16. The predicted octanol–water partition coefficient (Wildman–Crippen LogP) is 3.22. The summed E-state index contributed by atoms with van der Waals surface area (Å²) < 4.78 is 0. The van der Waals surface area contributed by atoms with E-state index in [1.165, 1.54) is 0 Å². The van der Waals surface area contributed by atoms with E-state index in [0.29, 0.717) is 0 Å². The molecule has 1 saturated carbocycles. The standard InChI is InChI=1S/C17H25ClN2O/c1-3-20(4-2)13-12-19-16(21)17(10-5-11-17)14-6-8-15(18)9-7-14/h6-9H,3-5,10-13H2,1-2H3,(H,19,21). The number of halogens is 1. The van der Waals surface area contributed by atoms with E-state index >= 15 is 0 Å². The van der Waals surface area contributed by atoms with Crippen LogP contribution in [0.4, 0.5) is 0 Å². The highest BCUT2D eigenvalue weighted by molar-refractivity contribution is 6.30. The Hall–Kier alpha value is -1.06. The lowest BCUT2D eigenvalue weighted by Crippen LogP contribution is -2.50. The Labute approximate surface area is 132 Å². The molecule has 0 aliphatic heterocycles. The third-order valence-corrected chi connectivity index (χ3v) is 4.90. The van der Waals surface area contributed by atoms with Gasteiger partial charge in [-0.05, 0) is 43.6 Å². The Morgan fingerprint density at radius 1 is 1.24 bits per heavy atom. The fraction of sp³-hybridized carbons (Fsp3) is 0.588. The van der Waals surface area contributed by atoms with Crippen LogP contribution >= 0.6 is 11.6 Å². The van der Waals surface area contributed by atoms with Gasteiger partial charge in [-0.3, -0.25) is 4.79 Å². The first-order valence-corrected chi connectivity index (χ1v) is 8.27. The van der Waals surface area contributed by atoms with Crippen LogP contribution in [0.25, 0.3) is 0 Å². The Morgan fingerprint density at radius 3 is 2.33 bits per heavy atom. The van der Waals surface area contributed by atoms with Gasteiger partial charge in [-0.15, -0.1) is 0 Å². The number of nitrogens with one attached hydrogen (secondary N) is 1. The fourth-order valence-corrected chi connectivity index (χ4v) is 3.11. The van der Waals surface area contributed by atoms with E-state index in [-0.39, 0.29) is 11.3 Å². The van der Waals surface area contributed by atoms with Crippen LogP contribution in [0.15, 0.2) is 24.3 Å². The van der Waals surface area contributed by atoms with Gasteiger partial charge in [0, 0.05) is 18.1 Å². The molecule has 0 aromatic heterocycles. The summed E-state index contributed by atoms with van der Waals surface area (Å²) in [5.74, 6) is 0.170. The zero-order chi connectivity index (χ0) is 15.3. The molecule has 0 radical (unpaired) electrons. The van der Waals surface area contributed by atoms with Gasteiger partial charge in [0.2, 0.25) is 5.91 Å². The van der Waals surface area contributed by atoms with Crippen molar-refractivity contribution in [1.29, 1.82) is 0 Å². The minimum Gasteiger partial charge on any atom is -0.354 e. The van der Waals surface area contributed by atoms with Crippen molar-refractivity contribution in [1.82, 2.24) is 10.2 Å². The van der Waals surface area contributed by atoms with Crippen molar-refractivity contribution >= 4 is 17.5 Å². The molecule has 0 spiro atoms. The zero-order valence-corrected chi connectivity index (χ0v) is 13.7. The molecular formula is C17H25ClN2O. The maximum atomic E-state index is 12.6. The number of hydrogen-bond donors (Lipinski definition) is 1. The normalized spacial score (nSPS) is 16.6. The van der Waals surface area contributed by atoms with Gasteiger partial charge in [0.25, 0.3) is 0 Å². The van der Waals surface area contributed by atoms with Crippen LogP contribution in [0.3, 0.4) is 0 Å². The maximum absolute atomic E-state index is 12.6. The molecular weight excluding hydrogens is 284 g/mol. The van der Waals surface area contributed by atoms with Crippen molar-refractivity contribution in [2.24, 2.45) is 0 Å². The lowest BCUT2D eigenvalue weighted by molar-refractivity contribution is -0.130. The van der Waals surface area contributed by atoms with Crippen LogP contribution in [-0.2, 0) is 10.2 Å². The monoisotopic (exact) mass is 308 g/mol. The number of hydrogen-bond acceptors (Lipinski definition) is 2. The molecule has 0 heterocycles. The number of rotatable bonds is 7. The smallest absolute Gasteiger partial charge is 0.230 e. The van der Waals surface area contributed by atoms with E-state index in [9.17, 15) is 4.79 Å². The van der Waals surface area contributed by atoms with Gasteiger partial charge >= 0.3 is 0 Å². The Kier molecular flexibility index (Phi) is 5.65. The fourth-order valence-electron chi connectivity index (χ4n) is 2.98. The molecule has 1 N–H and O–H groups in total. The molecule has 21 heavy (non-hydrogen) atoms. The molecule has 1 aliphatic carbocycles. The van der Waals surface area contributed by atoms with E-state index in [2.05, 4.69) is 24.1 Å². The quantitative estimate of drug-likeness (QED) is 0.839. The van der Waals surface area contributed by atoms with Gasteiger partial charge in [0.05, 0.1) is 5.41 Å². The Balaban J connectivity index is 1.97. The number of carbonyl (C=O) groups is 1. The molecule has 0 saturated heterocycles. The predicted molar refractivity (Wildman–Crippen MR) is 87.8 cm³/mol. The average molecular weight is 309 g/mol. The molecule has 0 bridgehead atoms. The second kappa shape index (κ2) is 7.28. The SMILES string of the molecule is CCN(CC)CCNC(=O)C1(c2ccc(Cl)cc2)CCC1. The van der Waals surface area contributed by atoms with E-state index in [0.717, 1.165) is 56.0 Å². The number of likely N-dealkylation sites (N-methyl/N-ethyl adjacent to an activating group) is 1. The largest absolute Gasteiger partial charge is 0.354 e. The van der Waals surface area contributed by atoms with E-state index < -0.39 is 0 Å². The van der Waals surface area contributed by atoms with E-state index in [4.69, 9.17) is 11.6 Å². The molecule has 1 aliphatic rings.